The van der Waals surface area contributed by atoms with Gasteiger partial charge in [0.2, 0.25) is 11.8 Å². The maximum atomic E-state index is 12.1. The van der Waals surface area contributed by atoms with Gasteiger partial charge in [-0.2, -0.15) is 4.98 Å². The van der Waals surface area contributed by atoms with E-state index in [4.69, 9.17) is 9.26 Å². The Labute approximate surface area is 172 Å². The van der Waals surface area contributed by atoms with E-state index >= 15 is 0 Å². The molecule has 8 heteroatoms. The van der Waals surface area contributed by atoms with Crippen molar-refractivity contribution >= 4 is 11.7 Å². The van der Waals surface area contributed by atoms with Crippen molar-refractivity contribution in [3.8, 4) is 0 Å². The van der Waals surface area contributed by atoms with E-state index in [1.54, 1.807) is 0 Å². The average molecular weight is 402 g/mol. The van der Waals surface area contributed by atoms with Gasteiger partial charge in [0.25, 0.3) is 0 Å². The third-order valence-electron chi connectivity index (χ3n) is 4.82. The molecule has 1 N–H and O–H groups in total. The summed E-state index contributed by atoms with van der Waals surface area (Å²) >= 11 is 0. The quantitative estimate of drug-likeness (QED) is 0.690. The van der Waals surface area contributed by atoms with E-state index in [-0.39, 0.29) is 18.1 Å². The summed E-state index contributed by atoms with van der Waals surface area (Å²) in [6.45, 7) is 8.39. The van der Waals surface area contributed by atoms with E-state index in [1.807, 2.05) is 18.3 Å². The van der Waals surface area contributed by atoms with Crippen LogP contribution in [0.15, 0.2) is 22.9 Å². The smallest absolute Gasteiger partial charge is 0.226 e. The number of nitrogens with zero attached hydrogens (tertiary/aromatic N) is 4. The third-order valence-corrected chi connectivity index (χ3v) is 4.82. The number of aryl methyl sites for hydroxylation is 2. The van der Waals surface area contributed by atoms with Gasteiger partial charge < -0.3 is 19.5 Å². The van der Waals surface area contributed by atoms with Gasteiger partial charge >= 0.3 is 0 Å². The van der Waals surface area contributed by atoms with Crippen molar-refractivity contribution in [2.45, 2.75) is 71.6 Å². The summed E-state index contributed by atoms with van der Waals surface area (Å²) in [6, 6.07) is 4.02. The second-order valence-electron chi connectivity index (χ2n) is 7.67. The van der Waals surface area contributed by atoms with Crippen LogP contribution in [-0.2, 0) is 28.9 Å². The molecule has 2 atom stereocenters. The van der Waals surface area contributed by atoms with Gasteiger partial charge in [0.1, 0.15) is 5.82 Å². The van der Waals surface area contributed by atoms with Gasteiger partial charge in [0, 0.05) is 45.1 Å². The lowest BCUT2D eigenvalue weighted by atomic mass is 10.2. The molecule has 1 amide bonds. The molecule has 1 aliphatic heterocycles. The van der Waals surface area contributed by atoms with Crippen molar-refractivity contribution in [2.75, 3.05) is 18.0 Å². The van der Waals surface area contributed by atoms with Gasteiger partial charge in [0.05, 0.1) is 12.2 Å². The molecule has 1 fully saturated rings. The zero-order valence-electron chi connectivity index (χ0n) is 17.6. The van der Waals surface area contributed by atoms with Crippen LogP contribution in [-0.4, -0.2) is 46.3 Å². The highest BCUT2D eigenvalue weighted by atomic mass is 16.5. The van der Waals surface area contributed by atoms with Gasteiger partial charge in [-0.05, 0) is 38.3 Å². The molecule has 2 aromatic rings. The van der Waals surface area contributed by atoms with Crippen LogP contribution in [0.1, 0.15) is 57.3 Å². The number of hydrogen-bond donors (Lipinski definition) is 1. The fraction of sp³-hybridized carbons (Fsp3) is 0.619. The number of anilines is 1. The molecule has 29 heavy (non-hydrogen) atoms. The molecule has 0 bridgehead atoms. The standard InChI is InChI=1S/C21H31N5O3/c1-4-6-18-24-21(29-25-18)8-5-7-20(27)23-12-17-9-10-19(22-11-17)26-13-15(2)28-16(3)14-26/h9-11,15-16H,4-8,12-14H2,1-3H3,(H,23,27). The predicted octanol–water partition coefficient (Wildman–Crippen LogP) is 2.67. The first-order valence-corrected chi connectivity index (χ1v) is 10.5. The average Bonchev–Trinajstić information content (AvgIpc) is 3.14. The third kappa shape index (κ3) is 6.52. The topological polar surface area (TPSA) is 93.4 Å². The highest BCUT2D eigenvalue weighted by molar-refractivity contribution is 5.75. The van der Waals surface area contributed by atoms with Gasteiger partial charge in [0.15, 0.2) is 5.82 Å². The van der Waals surface area contributed by atoms with Gasteiger partial charge in [-0.3, -0.25) is 4.79 Å². The predicted molar refractivity (Wildman–Crippen MR) is 110 cm³/mol. The minimum absolute atomic E-state index is 0.0122. The Bertz CT molecular complexity index is 767. The summed E-state index contributed by atoms with van der Waals surface area (Å²) in [5, 5.41) is 6.87. The van der Waals surface area contributed by atoms with Gasteiger partial charge in [-0.15, -0.1) is 0 Å². The van der Waals surface area contributed by atoms with E-state index in [0.29, 0.717) is 31.7 Å². The Morgan fingerprint density at radius 2 is 2.03 bits per heavy atom. The second kappa shape index (κ2) is 10.3. The molecule has 2 aromatic heterocycles. The van der Waals surface area contributed by atoms with Crippen LogP contribution >= 0.6 is 0 Å². The SMILES string of the molecule is CCCc1noc(CCCC(=O)NCc2ccc(N3CC(C)OC(C)C3)nc2)n1. The number of aromatic nitrogens is 3. The lowest BCUT2D eigenvalue weighted by Crippen LogP contribution is -2.45. The Balaban J connectivity index is 1.38. The highest BCUT2D eigenvalue weighted by Gasteiger charge is 2.22. The van der Waals surface area contributed by atoms with Crippen LogP contribution in [0.4, 0.5) is 5.82 Å². The first-order valence-electron chi connectivity index (χ1n) is 10.5. The van der Waals surface area contributed by atoms with E-state index in [2.05, 4.69) is 46.1 Å². The fourth-order valence-corrected chi connectivity index (χ4v) is 3.48. The molecule has 2 unspecified atom stereocenters. The molecular weight excluding hydrogens is 370 g/mol. The Hall–Kier alpha value is -2.48. The molecule has 0 spiro atoms. The van der Waals surface area contributed by atoms with Crippen LogP contribution < -0.4 is 10.2 Å². The number of nitrogens with one attached hydrogen (secondary N) is 1. The number of pyridine rings is 1. The molecule has 158 valence electrons. The first kappa shape index (κ1) is 21.2. The van der Waals surface area contributed by atoms with Crippen LogP contribution in [0.2, 0.25) is 0 Å². The molecule has 0 saturated carbocycles. The minimum atomic E-state index is 0.0122. The number of carbonyl (C=O) groups excluding carboxylic acids is 1. The van der Waals surface area contributed by atoms with E-state index in [0.717, 1.165) is 43.1 Å². The second-order valence-corrected chi connectivity index (χ2v) is 7.67. The Morgan fingerprint density at radius 3 is 2.72 bits per heavy atom. The van der Waals surface area contributed by atoms with Crippen molar-refractivity contribution in [1.82, 2.24) is 20.4 Å². The van der Waals surface area contributed by atoms with Crippen molar-refractivity contribution in [1.29, 1.82) is 0 Å². The van der Waals surface area contributed by atoms with E-state index in [1.165, 1.54) is 0 Å². The van der Waals surface area contributed by atoms with Crippen LogP contribution in [0.3, 0.4) is 0 Å². The largest absolute Gasteiger partial charge is 0.372 e. The van der Waals surface area contributed by atoms with Crippen LogP contribution in [0, 0.1) is 0 Å². The maximum Gasteiger partial charge on any atom is 0.226 e. The van der Waals surface area contributed by atoms with Gasteiger partial charge in [-0.25, -0.2) is 4.98 Å². The number of amides is 1. The molecule has 8 nitrogen and oxygen atoms in total. The molecule has 3 heterocycles. The van der Waals surface area contributed by atoms with Crippen LogP contribution in [0.25, 0.3) is 0 Å². The fourth-order valence-electron chi connectivity index (χ4n) is 3.48. The summed E-state index contributed by atoms with van der Waals surface area (Å²) in [4.78, 5) is 23.2. The molecule has 0 aromatic carbocycles. The molecule has 1 aliphatic rings. The molecule has 3 rings (SSSR count). The van der Waals surface area contributed by atoms with Crippen molar-refractivity contribution in [3.05, 3.63) is 35.6 Å². The van der Waals surface area contributed by atoms with E-state index < -0.39 is 0 Å². The van der Waals surface area contributed by atoms with Crippen molar-refractivity contribution in [3.63, 3.8) is 0 Å². The van der Waals surface area contributed by atoms with Gasteiger partial charge in [-0.1, -0.05) is 18.1 Å². The van der Waals surface area contributed by atoms with Crippen LogP contribution in [0.5, 0.6) is 0 Å². The van der Waals surface area contributed by atoms with Crippen molar-refractivity contribution in [2.24, 2.45) is 0 Å². The summed E-state index contributed by atoms with van der Waals surface area (Å²) in [7, 11) is 0. The number of rotatable bonds is 9. The number of ether oxygens (including phenoxy) is 1. The summed E-state index contributed by atoms with van der Waals surface area (Å²) in [5.74, 6) is 2.30. The highest BCUT2D eigenvalue weighted by Crippen LogP contribution is 2.18. The summed E-state index contributed by atoms with van der Waals surface area (Å²) in [5.41, 5.74) is 0.984. The molecule has 0 radical (unpaired) electrons. The Kier molecular flexibility index (Phi) is 7.57. The summed E-state index contributed by atoms with van der Waals surface area (Å²) < 4.78 is 11.0. The Morgan fingerprint density at radius 1 is 1.24 bits per heavy atom. The summed E-state index contributed by atoms with van der Waals surface area (Å²) in [6.07, 6.45) is 5.77. The maximum absolute atomic E-state index is 12.1. The first-order chi connectivity index (χ1) is 14.0. The lowest BCUT2D eigenvalue weighted by Gasteiger charge is -2.36. The zero-order valence-corrected chi connectivity index (χ0v) is 17.6. The number of carbonyl (C=O) groups is 1. The monoisotopic (exact) mass is 401 g/mol. The lowest BCUT2D eigenvalue weighted by molar-refractivity contribution is -0.121. The molecule has 0 aliphatic carbocycles. The molecular formula is C21H31N5O3. The zero-order chi connectivity index (χ0) is 20.6. The normalized spacial score (nSPS) is 19.3. The number of morpholine rings is 1. The molecule has 1 saturated heterocycles. The minimum Gasteiger partial charge on any atom is -0.372 e. The number of hydrogen-bond acceptors (Lipinski definition) is 7. The van der Waals surface area contributed by atoms with E-state index in [9.17, 15) is 4.79 Å². The van der Waals surface area contributed by atoms with Crippen molar-refractivity contribution < 1.29 is 14.1 Å².